The smallest absolute Gasteiger partial charge is 0.211 e. The molecule has 0 bridgehead atoms. The van der Waals surface area contributed by atoms with Crippen LogP contribution in [0.3, 0.4) is 0 Å². The second-order valence-corrected chi connectivity index (χ2v) is 4.90. The van der Waals surface area contributed by atoms with Crippen LogP contribution >= 0.6 is 22.6 Å². The molecule has 0 unspecified atom stereocenters. The minimum Gasteiger partial charge on any atom is -0.211 e. The molecule has 0 amide bonds. The number of aryl methyl sites for hydroxylation is 1. The summed E-state index contributed by atoms with van der Waals surface area (Å²) in [6.07, 6.45) is 3.57. The maximum absolute atomic E-state index is 10.3. The van der Waals surface area contributed by atoms with Crippen LogP contribution in [0.5, 0.6) is 0 Å². The Bertz CT molecular complexity index is 384. The number of carbonyl (C=O) groups excluding carboxylic acids is 1. The fourth-order valence-corrected chi connectivity index (χ4v) is 2.63. The number of aliphatic imine (C=N–C) groups is 1. The normalized spacial score (nSPS) is 25.0. The zero-order valence-electron chi connectivity index (χ0n) is 6.96. The molecule has 13 heavy (non-hydrogen) atoms. The van der Waals surface area contributed by atoms with Gasteiger partial charge in [0.1, 0.15) is 3.55 Å². The fourth-order valence-electron chi connectivity index (χ4n) is 1.74. The number of alkyl halides is 1. The van der Waals surface area contributed by atoms with Crippen molar-refractivity contribution in [3.8, 4) is 0 Å². The van der Waals surface area contributed by atoms with E-state index in [1.54, 1.807) is 6.08 Å². The molecule has 0 aliphatic heterocycles. The number of hydrogen-bond acceptors (Lipinski definition) is 2. The van der Waals surface area contributed by atoms with E-state index in [-0.39, 0.29) is 3.55 Å². The third-order valence-electron chi connectivity index (χ3n) is 2.38. The molecule has 0 N–H and O–H groups in total. The standard InChI is InChI=1S/C10H8INO/c11-10(12-7-13)6-5-8-3-1-2-4-9(8)10/h1-4H,5-6H2/t10-/m0/s1. The molecule has 0 spiro atoms. The lowest BCUT2D eigenvalue weighted by Crippen LogP contribution is -2.09. The molecule has 2 nitrogen and oxygen atoms in total. The molecule has 1 aromatic rings. The first kappa shape index (κ1) is 8.91. The average molecular weight is 285 g/mol. The van der Waals surface area contributed by atoms with Crippen LogP contribution in [0.2, 0.25) is 0 Å². The van der Waals surface area contributed by atoms with Gasteiger partial charge in [-0.25, -0.2) is 4.79 Å². The van der Waals surface area contributed by atoms with Crippen LogP contribution < -0.4 is 0 Å². The summed E-state index contributed by atoms with van der Waals surface area (Å²) in [4.78, 5) is 14.2. The van der Waals surface area contributed by atoms with Crippen LogP contribution in [0, 0.1) is 0 Å². The van der Waals surface area contributed by atoms with E-state index >= 15 is 0 Å². The van der Waals surface area contributed by atoms with Gasteiger partial charge in [0.2, 0.25) is 6.08 Å². The van der Waals surface area contributed by atoms with Crippen molar-refractivity contribution >= 4 is 28.7 Å². The second-order valence-electron chi connectivity index (χ2n) is 3.12. The van der Waals surface area contributed by atoms with Crippen LogP contribution in [0.15, 0.2) is 29.3 Å². The van der Waals surface area contributed by atoms with E-state index < -0.39 is 0 Å². The Kier molecular flexibility index (Phi) is 2.22. The molecule has 3 heteroatoms. The summed E-state index contributed by atoms with van der Waals surface area (Å²) in [6, 6.07) is 8.13. The second kappa shape index (κ2) is 3.24. The van der Waals surface area contributed by atoms with Crippen LogP contribution in [-0.2, 0) is 14.8 Å². The highest BCUT2D eigenvalue weighted by atomic mass is 127. The Labute approximate surface area is 90.2 Å². The third-order valence-corrected chi connectivity index (χ3v) is 3.74. The minimum atomic E-state index is -0.351. The number of fused-ring (bicyclic) bond motifs is 1. The number of rotatable bonds is 1. The molecular weight excluding hydrogens is 277 g/mol. The van der Waals surface area contributed by atoms with E-state index in [1.165, 1.54) is 11.1 Å². The number of hydrogen-bond donors (Lipinski definition) is 0. The molecule has 1 aromatic carbocycles. The van der Waals surface area contributed by atoms with Gasteiger partial charge < -0.3 is 0 Å². The lowest BCUT2D eigenvalue weighted by molar-refractivity contribution is 0.554. The van der Waals surface area contributed by atoms with Gasteiger partial charge in [0, 0.05) is 0 Å². The van der Waals surface area contributed by atoms with Crippen LogP contribution in [0.25, 0.3) is 0 Å². The van der Waals surface area contributed by atoms with Crippen molar-refractivity contribution in [1.29, 1.82) is 0 Å². The summed E-state index contributed by atoms with van der Waals surface area (Å²) in [7, 11) is 0. The summed E-state index contributed by atoms with van der Waals surface area (Å²) in [5, 5.41) is 0. The van der Waals surface area contributed by atoms with Gasteiger partial charge in [-0.15, -0.1) is 0 Å². The molecule has 1 aliphatic rings. The molecule has 0 aromatic heterocycles. The van der Waals surface area contributed by atoms with Gasteiger partial charge in [-0.3, -0.25) is 0 Å². The maximum atomic E-state index is 10.3. The zero-order chi connectivity index (χ0) is 9.31. The van der Waals surface area contributed by atoms with Crippen molar-refractivity contribution in [1.82, 2.24) is 0 Å². The Morgan fingerprint density at radius 1 is 1.46 bits per heavy atom. The van der Waals surface area contributed by atoms with Gasteiger partial charge in [-0.05, 0) is 46.6 Å². The minimum absolute atomic E-state index is 0.351. The largest absolute Gasteiger partial charge is 0.236 e. The molecule has 0 heterocycles. The van der Waals surface area contributed by atoms with Gasteiger partial charge in [0.15, 0.2) is 0 Å². The molecule has 0 saturated carbocycles. The van der Waals surface area contributed by atoms with Crippen molar-refractivity contribution in [2.45, 2.75) is 16.4 Å². The van der Waals surface area contributed by atoms with Crippen LogP contribution in [-0.4, -0.2) is 6.08 Å². The number of isocyanates is 1. The Morgan fingerprint density at radius 3 is 3.00 bits per heavy atom. The fraction of sp³-hybridized carbons (Fsp3) is 0.300. The van der Waals surface area contributed by atoms with E-state index in [0.29, 0.717) is 0 Å². The first-order valence-electron chi connectivity index (χ1n) is 4.12. The van der Waals surface area contributed by atoms with E-state index in [4.69, 9.17) is 0 Å². The van der Waals surface area contributed by atoms with E-state index in [0.717, 1.165) is 12.8 Å². The zero-order valence-corrected chi connectivity index (χ0v) is 9.11. The van der Waals surface area contributed by atoms with Crippen molar-refractivity contribution in [3.63, 3.8) is 0 Å². The number of benzene rings is 1. The molecule has 0 radical (unpaired) electrons. The highest BCUT2D eigenvalue weighted by Gasteiger charge is 2.35. The summed E-state index contributed by atoms with van der Waals surface area (Å²) in [5.41, 5.74) is 2.47. The molecule has 2 rings (SSSR count). The molecule has 66 valence electrons. The Balaban J connectivity index is 2.54. The molecule has 1 aliphatic carbocycles. The Hall–Kier alpha value is -0.670. The summed E-state index contributed by atoms with van der Waals surface area (Å²) < 4.78 is -0.351. The maximum Gasteiger partial charge on any atom is 0.236 e. The van der Waals surface area contributed by atoms with E-state index in [2.05, 4.69) is 33.6 Å². The van der Waals surface area contributed by atoms with E-state index in [1.807, 2.05) is 18.2 Å². The van der Waals surface area contributed by atoms with Gasteiger partial charge >= 0.3 is 0 Å². The van der Waals surface area contributed by atoms with Crippen molar-refractivity contribution < 1.29 is 4.79 Å². The average Bonchev–Trinajstić information content (AvgIpc) is 2.46. The first-order chi connectivity index (χ1) is 6.26. The molecule has 0 saturated heterocycles. The van der Waals surface area contributed by atoms with Crippen LogP contribution in [0.4, 0.5) is 0 Å². The highest BCUT2D eigenvalue weighted by molar-refractivity contribution is 14.1. The summed E-state index contributed by atoms with van der Waals surface area (Å²) in [5.74, 6) is 0. The number of nitrogens with zero attached hydrogens (tertiary/aromatic N) is 1. The monoisotopic (exact) mass is 285 g/mol. The Morgan fingerprint density at radius 2 is 2.23 bits per heavy atom. The SMILES string of the molecule is O=C=N[C@@]1(I)CCc2ccccc21. The molecule has 0 fully saturated rings. The predicted octanol–water partition coefficient (Wildman–Crippen LogP) is 2.56. The molecular formula is C10H8INO. The van der Waals surface area contributed by atoms with Crippen molar-refractivity contribution in [2.24, 2.45) is 4.99 Å². The molecule has 1 atom stereocenters. The van der Waals surface area contributed by atoms with Crippen LogP contribution in [0.1, 0.15) is 17.5 Å². The summed E-state index contributed by atoms with van der Waals surface area (Å²) >= 11 is 2.23. The number of halogens is 1. The third kappa shape index (κ3) is 1.42. The summed E-state index contributed by atoms with van der Waals surface area (Å²) in [6.45, 7) is 0. The lowest BCUT2D eigenvalue weighted by atomic mass is 10.1. The predicted molar refractivity (Wildman–Crippen MR) is 58.6 cm³/mol. The highest BCUT2D eigenvalue weighted by Crippen LogP contribution is 2.45. The van der Waals surface area contributed by atoms with Crippen molar-refractivity contribution in [2.75, 3.05) is 0 Å². The van der Waals surface area contributed by atoms with Gasteiger partial charge in [0.05, 0.1) is 0 Å². The quantitative estimate of drug-likeness (QED) is 0.256. The van der Waals surface area contributed by atoms with E-state index in [9.17, 15) is 4.79 Å². The lowest BCUT2D eigenvalue weighted by Gasteiger charge is -2.14. The van der Waals surface area contributed by atoms with Gasteiger partial charge in [-0.1, -0.05) is 24.3 Å². The topological polar surface area (TPSA) is 29.4 Å². The first-order valence-corrected chi connectivity index (χ1v) is 5.20. The van der Waals surface area contributed by atoms with Gasteiger partial charge in [-0.2, -0.15) is 4.99 Å². The van der Waals surface area contributed by atoms with Gasteiger partial charge in [0.25, 0.3) is 0 Å². The van der Waals surface area contributed by atoms with Crippen molar-refractivity contribution in [3.05, 3.63) is 35.4 Å².